The van der Waals surface area contributed by atoms with E-state index in [0.29, 0.717) is 0 Å². The van der Waals surface area contributed by atoms with Gasteiger partial charge in [-0.1, -0.05) is 45.0 Å². The third-order valence-electron chi connectivity index (χ3n) is 3.68. The first kappa shape index (κ1) is 11.3. The summed E-state index contributed by atoms with van der Waals surface area (Å²) in [5.74, 6) is 0. The van der Waals surface area contributed by atoms with Crippen molar-refractivity contribution in [2.75, 3.05) is 0 Å². The number of nitrogens with zero attached hydrogens (tertiary/aromatic N) is 1. The first-order chi connectivity index (χ1) is 8.47. The molecular weight excluding hydrogens is 218 g/mol. The van der Waals surface area contributed by atoms with Crippen LogP contribution in [0.5, 0.6) is 0 Å². The standard InChI is InChI=1S/C17H19N/c1-17(2,3)16-11-14-9-12-7-5-6-8-13(12)10-15(14)18(16)4/h5-11H,1-4H3. The molecule has 2 aromatic carbocycles. The van der Waals surface area contributed by atoms with Crippen LogP contribution in [-0.2, 0) is 12.5 Å². The molecule has 0 aliphatic carbocycles. The van der Waals surface area contributed by atoms with E-state index in [1.807, 2.05) is 0 Å². The smallest absolute Gasteiger partial charge is 0.0486 e. The van der Waals surface area contributed by atoms with Crippen LogP contribution >= 0.6 is 0 Å². The molecule has 0 aliphatic rings. The Morgan fingerprint density at radius 2 is 1.44 bits per heavy atom. The molecule has 1 heterocycles. The number of benzene rings is 2. The van der Waals surface area contributed by atoms with Gasteiger partial charge in [-0.05, 0) is 29.0 Å². The molecule has 0 radical (unpaired) electrons. The van der Waals surface area contributed by atoms with Crippen LogP contribution in [0, 0.1) is 0 Å². The first-order valence-corrected chi connectivity index (χ1v) is 6.45. The summed E-state index contributed by atoms with van der Waals surface area (Å²) in [7, 11) is 2.16. The Bertz CT molecular complexity index is 726. The van der Waals surface area contributed by atoms with E-state index in [1.54, 1.807) is 0 Å². The van der Waals surface area contributed by atoms with Gasteiger partial charge in [0, 0.05) is 29.1 Å². The van der Waals surface area contributed by atoms with Crippen molar-refractivity contribution in [1.29, 1.82) is 0 Å². The lowest BCUT2D eigenvalue weighted by molar-refractivity contribution is 0.547. The number of aryl methyl sites for hydroxylation is 1. The van der Waals surface area contributed by atoms with E-state index < -0.39 is 0 Å². The molecule has 3 aromatic rings. The van der Waals surface area contributed by atoms with E-state index in [0.717, 1.165) is 0 Å². The van der Waals surface area contributed by atoms with Crippen molar-refractivity contribution >= 4 is 21.7 Å². The summed E-state index contributed by atoms with van der Waals surface area (Å²) in [6, 6.07) is 15.5. The van der Waals surface area contributed by atoms with Gasteiger partial charge in [0.15, 0.2) is 0 Å². The van der Waals surface area contributed by atoms with E-state index in [2.05, 4.69) is 74.9 Å². The maximum absolute atomic E-state index is 2.32. The maximum atomic E-state index is 2.32. The zero-order valence-electron chi connectivity index (χ0n) is 11.5. The highest BCUT2D eigenvalue weighted by Crippen LogP contribution is 2.31. The van der Waals surface area contributed by atoms with Crippen LogP contribution < -0.4 is 0 Å². The molecule has 0 saturated heterocycles. The molecule has 0 atom stereocenters. The Hall–Kier alpha value is -1.76. The number of hydrogen-bond acceptors (Lipinski definition) is 0. The molecule has 0 fully saturated rings. The van der Waals surface area contributed by atoms with Gasteiger partial charge in [-0.15, -0.1) is 0 Å². The summed E-state index contributed by atoms with van der Waals surface area (Å²) >= 11 is 0. The highest BCUT2D eigenvalue weighted by atomic mass is 15.0. The van der Waals surface area contributed by atoms with Gasteiger partial charge in [-0.25, -0.2) is 0 Å². The minimum absolute atomic E-state index is 0.181. The van der Waals surface area contributed by atoms with Crippen LogP contribution in [0.15, 0.2) is 42.5 Å². The van der Waals surface area contributed by atoms with Crippen LogP contribution in [0.2, 0.25) is 0 Å². The van der Waals surface area contributed by atoms with Gasteiger partial charge in [0.2, 0.25) is 0 Å². The van der Waals surface area contributed by atoms with E-state index in [-0.39, 0.29) is 5.41 Å². The molecular formula is C17H19N. The molecule has 0 unspecified atom stereocenters. The predicted octanol–water partition coefficient (Wildman–Crippen LogP) is 4.63. The average molecular weight is 237 g/mol. The van der Waals surface area contributed by atoms with Crippen LogP contribution in [0.3, 0.4) is 0 Å². The quantitative estimate of drug-likeness (QED) is 0.537. The second-order valence-corrected chi connectivity index (χ2v) is 6.10. The fourth-order valence-corrected chi connectivity index (χ4v) is 2.75. The molecule has 1 heteroatoms. The highest BCUT2D eigenvalue weighted by molar-refractivity contribution is 5.97. The van der Waals surface area contributed by atoms with Crippen LogP contribution in [0.4, 0.5) is 0 Å². The monoisotopic (exact) mass is 237 g/mol. The summed E-state index contributed by atoms with van der Waals surface area (Å²) in [5, 5.41) is 3.96. The molecule has 92 valence electrons. The first-order valence-electron chi connectivity index (χ1n) is 6.45. The third kappa shape index (κ3) is 1.62. The Morgan fingerprint density at radius 1 is 0.833 bits per heavy atom. The fourth-order valence-electron chi connectivity index (χ4n) is 2.75. The Balaban J connectivity index is 2.40. The van der Waals surface area contributed by atoms with Crippen molar-refractivity contribution in [3.8, 4) is 0 Å². The van der Waals surface area contributed by atoms with Crippen LogP contribution in [-0.4, -0.2) is 4.57 Å². The Kier molecular flexibility index (Phi) is 2.28. The Morgan fingerprint density at radius 3 is 2.06 bits per heavy atom. The summed E-state index contributed by atoms with van der Waals surface area (Å²) in [5.41, 5.74) is 2.88. The van der Waals surface area contributed by atoms with Crippen molar-refractivity contribution in [3.63, 3.8) is 0 Å². The van der Waals surface area contributed by atoms with Gasteiger partial charge in [0.25, 0.3) is 0 Å². The SMILES string of the molecule is Cn1c(C(C)(C)C)cc2cc3ccccc3cc21. The lowest BCUT2D eigenvalue weighted by Crippen LogP contribution is -2.15. The third-order valence-corrected chi connectivity index (χ3v) is 3.68. The lowest BCUT2D eigenvalue weighted by Gasteiger charge is -2.19. The van der Waals surface area contributed by atoms with Gasteiger partial charge < -0.3 is 4.57 Å². The summed E-state index contributed by atoms with van der Waals surface area (Å²) in [6.45, 7) is 6.79. The topological polar surface area (TPSA) is 4.93 Å². The van der Waals surface area contributed by atoms with Crippen molar-refractivity contribution in [3.05, 3.63) is 48.2 Å². The van der Waals surface area contributed by atoms with E-state index in [4.69, 9.17) is 0 Å². The van der Waals surface area contributed by atoms with Crippen molar-refractivity contribution < 1.29 is 0 Å². The molecule has 1 nitrogen and oxygen atoms in total. The molecule has 0 bridgehead atoms. The van der Waals surface area contributed by atoms with Gasteiger partial charge in [-0.2, -0.15) is 0 Å². The maximum Gasteiger partial charge on any atom is 0.0486 e. The van der Waals surface area contributed by atoms with E-state index in [9.17, 15) is 0 Å². The average Bonchev–Trinajstić information content (AvgIpc) is 2.64. The number of hydrogen-bond donors (Lipinski definition) is 0. The second-order valence-electron chi connectivity index (χ2n) is 6.10. The highest BCUT2D eigenvalue weighted by Gasteiger charge is 2.19. The van der Waals surface area contributed by atoms with Crippen molar-refractivity contribution in [2.45, 2.75) is 26.2 Å². The Labute approximate surface area is 108 Å². The van der Waals surface area contributed by atoms with Crippen molar-refractivity contribution in [2.24, 2.45) is 7.05 Å². The predicted molar refractivity (Wildman–Crippen MR) is 79.1 cm³/mol. The van der Waals surface area contributed by atoms with Gasteiger partial charge >= 0.3 is 0 Å². The van der Waals surface area contributed by atoms with Crippen molar-refractivity contribution in [1.82, 2.24) is 4.57 Å². The number of rotatable bonds is 0. The van der Waals surface area contributed by atoms with Crippen LogP contribution in [0.25, 0.3) is 21.7 Å². The van der Waals surface area contributed by atoms with Gasteiger partial charge in [0.1, 0.15) is 0 Å². The summed E-state index contributed by atoms with van der Waals surface area (Å²) in [6.07, 6.45) is 0. The lowest BCUT2D eigenvalue weighted by atomic mass is 9.92. The number of aromatic nitrogens is 1. The second kappa shape index (κ2) is 3.61. The van der Waals surface area contributed by atoms with E-state index >= 15 is 0 Å². The zero-order valence-corrected chi connectivity index (χ0v) is 11.5. The fraction of sp³-hybridized carbons (Fsp3) is 0.294. The minimum atomic E-state index is 0.181. The molecule has 0 spiro atoms. The van der Waals surface area contributed by atoms with Gasteiger partial charge in [0.05, 0.1) is 0 Å². The molecule has 0 amide bonds. The molecule has 0 N–H and O–H groups in total. The molecule has 0 aliphatic heterocycles. The van der Waals surface area contributed by atoms with E-state index in [1.165, 1.54) is 27.4 Å². The number of fused-ring (bicyclic) bond motifs is 2. The molecule has 3 rings (SSSR count). The zero-order chi connectivity index (χ0) is 12.9. The molecule has 1 aromatic heterocycles. The molecule has 0 saturated carbocycles. The summed E-state index contributed by atoms with van der Waals surface area (Å²) < 4.78 is 2.32. The summed E-state index contributed by atoms with van der Waals surface area (Å²) in [4.78, 5) is 0. The van der Waals surface area contributed by atoms with Crippen LogP contribution in [0.1, 0.15) is 26.5 Å². The normalized spacial score (nSPS) is 12.4. The minimum Gasteiger partial charge on any atom is -0.347 e. The molecule has 18 heavy (non-hydrogen) atoms. The largest absolute Gasteiger partial charge is 0.347 e. The van der Waals surface area contributed by atoms with Gasteiger partial charge in [-0.3, -0.25) is 0 Å².